The summed E-state index contributed by atoms with van der Waals surface area (Å²) in [5.41, 5.74) is 0.680. The fourth-order valence-electron chi connectivity index (χ4n) is 2.50. The topological polar surface area (TPSA) is 106 Å². The summed E-state index contributed by atoms with van der Waals surface area (Å²) in [7, 11) is -3.88. The number of hydrogen-bond donors (Lipinski definition) is 1. The quantitative estimate of drug-likeness (QED) is 0.770. The maximum absolute atomic E-state index is 12.5. The second-order valence-electron chi connectivity index (χ2n) is 7.21. The van der Waals surface area contributed by atoms with E-state index in [-0.39, 0.29) is 18.2 Å². The van der Waals surface area contributed by atoms with Crippen molar-refractivity contribution in [2.45, 2.75) is 44.5 Å². The minimum absolute atomic E-state index is 0.242. The average Bonchev–Trinajstić information content (AvgIpc) is 2.85. The number of rotatable bonds is 3. The molecule has 26 heavy (non-hydrogen) atoms. The number of pyridine rings is 1. The number of ether oxygens (including phenoxy) is 1. The Balaban J connectivity index is 1.68. The predicted octanol–water partition coefficient (Wildman–Crippen LogP) is 1.70. The van der Waals surface area contributed by atoms with Crippen LogP contribution in [-0.2, 0) is 14.8 Å². The maximum Gasteiger partial charge on any atom is 0.410 e. The highest BCUT2D eigenvalue weighted by Gasteiger charge is 2.37. The van der Waals surface area contributed by atoms with Crippen molar-refractivity contribution in [3.05, 3.63) is 22.3 Å². The van der Waals surface area contributed by atoms with Gasteiger partial charge in [-0.1, -0.05) is 0 Å². The molecule has 1 fully saturated rings. The van der Waals surface area contributed by atoms with Crippen molar-refractivity contribution in [3.8, 4) is 0 Å². The molecule has 0 bridgehead atoms. The standard InChI is InChI=1S/C15H20BrN5O4S/c1-9-5-10(16)6-21-12(9)17-13(18-21)26(23,24)19-11-7-20(8-11)14(22)25-15(2,3)4/h5-6,11,19H,7-8H2,1-4H3. The zero-order valence-corrected chi connectivity index (χ0v) is 17.3. The Bertz CT molecular complexity index is 960. The van der Waals surface area contributed by atoms with E-state index in [1.54, 1.807) is 27.0 Å². The van der Waals surface area contributed by atoms with Gasteiger partial charge in [0.05, 0.1) is 6.04 Å². The minimum Gasteiger partial charge on any atom is -0.444 e. The summed E-state index contributed by atoms with van der Waals surface area (Å²) < 4.78 is 35.0. The van der Waals surface area contributed by atoms with Crippen LogP contribution >= 0.6 is 15.9 Å². The molecule has 11 heteroatoms. The summed E-state index contributed by atoms with van der Waals surface area (Å²) in [5.74, 6) is 0. The van der Waals surface area contributed by atoms with E-state index in [4.69, 9.17) is 4.74 Å². The van der Waals surface area contributed by atoms with E-state index in [1.165, 1.54) is 9.42 Å². The molecule has 0 unspecified atom stereocenters. The molecule has 0 atom stereocenters. The lowest BCUT2D eigenvalue weighted by atomic mass is 10.1. The second kappa shape index (κ2) is 6.46. The number of sulfonamides is 1. The number of halogens is 1. The van der Waals surface area contributed by atoms with E-state index in [2.05, 4.69) is 30.7 Å². The van der Waals surface area contributed by atoms with Crippen molar-refractivity contribution in [2.24, 2.45) is 0 Å². The molecule has 1 saturated heterocycles. The largest absolute Gasteiger partial charge is 0.444 e. The van der Waals surface area contributed by atoms with Gasteiger partial charge in [0.2, 0.25) is 0 Å². The van der Waals surface area contributed by atoms with Gasteiger partial charge < -0.3 is 9.64 Å². The number of aromatic nitrogens is 3. The van der Waals surface area contributed by atoms with E-state index in [0.717, 1.165) is 10.0 Å². The molecule has 1 N–H and O–H groups in total. The Morgan fingerprint density at radius 2 is 2.04 bits per heavy atom. The predicted molar refractivity (Wildman–Crippen MR) is 97.3 cm³/mol. The van der Waals surface area contributed by atoms with Crippen molar-refractivity contribution in [2.75, 3.05) is 13.1 Å². The summed E-state index contributed by atoms with van der Waals surface area (Å²) in [6.45, 7) is 7.64. The van der Waals surface area contributed by atoms with Crippen LogP contribution in [0.1, 0.15) is 26.3 Å². The van der Waals surface area contributed by atoms with Crippen molar-refractivity contribution < 1.29 is 17.9 Å². The lowest BCUT2D eigenvalue weighted by Gasteiger charge is -2.39. The fourth-order valence-corrected chi connectivity index (χ4v) is 4.14. The first-order chi connectivity index (χ1) is 11.9. The number of hydrogen-bond acceptors (Lipinski definition) is 6. The highest BCUT2D eigenvalue weighted by molar-refractivity contribution is 9.10. The van der Waals surface area contributed by atoms with Crippen molar-refractivity contribution in [3.63, 3.8) is 0 Å². The molecule has 1 aliphatic heterocycles. The third-order valence-electron chi connectivity index (χ3n) is 3.66. The smallest absolute Gasteiger partial charge is 0.410 e. The molecule has 9 nitrogen and oxygen atoms in total. The number of carbonyl (C=O) groups excluding carboxylic acids is 1. The van der Waals surface area contributed by atoms with Gasteiger partial charge in [-0.15, -0.1) is 5.10 Å². The van der Waals surface area contributed by atoms with E-state index >= 15 is 0 Å². The van der Waals surface area contributed by atoms with E-state index in [1.807, 2.05) is 13.0 Å². The molecule has 3 rings (SSSR count). The Kier molecular flexibility index (Phi) is 4.74. The van der Waals surface area contributed by atoms with E-state index in [0.29, 0.717) is 5.65 Å². The maximum atomic E-state index is 12.5. The molecule has 0 spiro atoms. The summed E-state index contributed by atoms with van der Waals surface area (Å²) in [5, 5.41) is 3.74. The van der Waals surface area contributed by atoms with E-state index < -0.39 is 27.8 Å². The van der Waals surface area contributed by atoms with Crippen LogP contribution in [0.25, 0.3) is 5.65 Å². The molecule has 0 aromatic carbocycles. The Morgan fingerprint density at radius 1 is 1.38 bits per heavy atom. The zero-order valence-electron chi connectivity index (χ0n) is 14.9. The molecule has 2 aromatic heterocycles. The zero-order chi connectivity index (χ0) is 19.3. The number of fused-ring (bicyclic) bond motifs is 1. The minimum atomic E-state index is -3.88. The highest BCUT2D eigenvalue weighted by Crippen LogP contribution is 2.19. The number of carbonyl (C=O) groups is 1. The molecule has 0 radical (unpaired) electrons. The van der Waals surface area contributed by atoms with Crippen LogP contribution in [0, 0.1) is 6.92 Å². The Morgan fingerprint density at radius 3 is 2.65 bits per heavy atom. The van der Waals surface area contributed by atoms with Crippen LogP contribution < -0.4 is 4.72 Å². The van der Waals surface area contributed by atoms with Crippen LogP contribution in [0.3, 0.4) is 0 Å². The van der Waals surface area contributed by atoms with Crippen molar-refractivity contribution in [1.82, 2.24) is 24.2 Å². The first-order valence-electron chi connectivity index (χ1n) is 7.97. The highest BCUT2D eigenvalue weighted by atomic mass is 79.9. The summed E-state index contributed by atoms with van der Waals surface area (Å²) in [6.07, 6.45) is 1.18. The van der Waals surface area contributed by atoms with Crippen LogP contribution in [0.2, 0.25) is 0 Å². The lowest BCUT2D eigenvalue weighted by Crippen LogP contribution is -2.61. The van der Waals surface area contributed by atoms with Crippen molar-refractivity contribution in [1.29, 1.82) is 0 Å². The van der Waals surface area contributed by atoms with Gasteiger partial charge in [0.1, 0.15) is 5.60 Å². The Hall–Kier alpha value is -1.72. The molecule has 2 aromatic rings. The lowest BCUT2D eigenvalue weighted by molar-refractivity contribution is 0.00737. The third-order valence-corrected chi connectivity index (χ3v) is 5.39. The molecular weight excluding hydrogens is 426 g/mol. The van der Waals surface area contributed by atoms with Gasteiger partial charge in [-0.25, -0.2) is 22.4 Å². The van der Waals surface area contributed by atoms with Crippen molar-refractivity contribution >= 4 is 37.7 Å². The Labute approximate surface area is 159 Å². The van der Waals surface area contributed by atoms with Gasteiger partial charge in [-0.2, -0.15) is 4.98 Å². The van der Waals surface area contributed by atoms with Gasteiger partial charge in [0, 0.05) is 23.8 Å². The van der Waals surface area contributed by atoms with Crippen LogP contribution in [-0.4, -0.2) is 58.7 Å². The van der Waals surface area contributed by atoms with E-state index in [9.17, 15) is 13.2 Å². The SMILES string of the molecule is Cc1cc(Br)cn2nc(S(=O)(=O)NC3CN(C(=O)OC(C)(C)C)C3)nc12. The summed E-state index contributed by atoms with van der Waals surface area (Å²) >= 11 is 3.34. The third kappa shape index (κ3) is 3.99. The normalized spacial score (nSPS) is 16.0. The molecule has 142 valence electrons. The molecule has 0 saturated carbocycles. The second-order valence-corrected chi connectivity index (χ2v) is 9.73. The number of likely N-dealkylation sites (tertiary alicyclic amines) is 1. The number of nitrogens with zero attached hydrogens (tertiary/aromatic N) is 4. The summed E-state index contributed by atoms with van der Waals surface area (Å²) in [4.78, 5) is 17.5. The van der Waals surface area contributed by atoms with Crippen LogP contribution in [0.4, 0.5) is 4.79 Å². The molecule has 1 aliphatic rings. The first kappa shape index (κ1) is 19.1. The van der Waals surface area contributed by atoms with Crippen LogP contribution in [0.5, 0.6) is 0 Å². The average molecular weight is 446 g/mol. The monoisotopic (exact) mass is 445 g/mol. The number of amides is 1. The van der Waals surface area contributed by atoms with Crippen LogP contribution in [0.15, 0.2) is 21.9 Å². The van der Waals surface area contributed by atoms with Gasteiger partial charge in [0.15, 0.2) is 5.65 Å². The molecule has 1 amide bonds. The molecule has 0 aliphatic carbocycles. The molecular formula is C15H20BrN5O4S. The van der Waals surface area contributed by atoms with Gasteiger partial charge >= 0.3 is 6.09 Å². The fraction of sp³-hybridized carbons (Fsp3) is 0.533. The first-order valence-corrected chi connectivity index (χ1v) is 10.2. The van der Waals surface area contributed by atoms with Gasteiger partial charge in [-0.05, 0) is 55.3 Å². The molecule has 3 heterocycles. The van der Waals surface area contributed by atoms with Gasteiger partial charge in [-0.3, -0.25) is 0 Å². The number of nitrogens with one attached hydrogen (secondary N) is 1. The summed E-state index contributed by atoms with van der Waals surface area (Å²) in [6, 6.07) is 1.44. The van der Waals surface area contributed by atoms with Gasteiger partial charge in [0.25, 0.3) is 15.2 Å². The number of aryl methyl sites for hydroxylation is 1.